The second-order valence-electron chi connectivity index (χ2n) is 12.3. The molecule has 0 radical (unpaired) electrons. The first-order valence-corrected chi connectivity index (χ1v) is 16.4. The van der Waals surface area contributed by atoms with Crippen LogP contribution in [0.1, 0.15) is 121 Å². The number of hydrogen-bond donors (Lipinski definition) is 1. The lowest BCUT2D eigenvalue weighted by molar-refractivity contribution is 0.396. The number of phenols is 1. The van der Waals surface area contributed by atoms with Crippen molar-refractivity contribution in [2.45, 2.75) is 76.0 Å². The fourth-order valence-electron chi connectivity index (χ4n) is 7.23. The van der Waals surface area contributed by atoms with Crippen molar-refractivity contribution in [1.82, 2.24) is 0 Å². The molecule has 6 rings (SSSR count). The molecule has 43 heavy (non-hydrogen) atoms. The standard InChI is InChI=1S/C42H44O/c43-42-39(31-28-34-20-10-3-11-21-34)37(29-26-32-16-6-1-7-17-32)38(30-27-33-18-8-2-9-19-33)40(35-22-12-4-13-23-35)41(42)36-24-14-5-15-25-36/h1-3,6-11,16-21,26-31,35-36,43H,4-5,12-15,22-25H2. The van der Waals surface area contributed by atoms with E-state index in [0.717, 1.165) is 35.1 Å². The molecule has 0 aliphatic heterocycles. The van der Waals surface area contributed by atoms with Gasteiger partial charge in [0.15, 0.2) is 0 Å². The molecule has 1 heteroatoms. The van der Waals surface area contributed by atoms with Gasteiger partial charge in [-0.3, -0.25) is 0 Å². The first kappa shape index (κ1) is 29.0. The van der Waals surface area contributed by atoms with Crippen LogP contribution < -0.4 is 0 Å². The SMILES string of the molecule is Oc1c(C=Cc2ccccc2)c(C=Cc2ccccc2)c(C=Cc2ccccc2)c(C2CCCCC2)c1C1CCCCC1. The number of hydrogen-bond acceptors (Lipinski definition) is 1. The molecule has 1 nitrogen and oxygen atoms in total. The smallest absolute Gasteiger partial charge is 0.127 e. The zero-order valence-electron chi connectivity index (χ0n) is 25.3. The minimum absolute atomic E-state index is 0.408. The van der Waals surface area contributed by atoms with Gasteiger partial charge >= 0.3 is 0 Å². The predicted octanol–water partition coefficient (Wildman–Crippen LogP) is 12.0. The highest BCUT2D eigenvalue weighted by Crippen LogP contribution is 2.50. The summed E-state index contributed by atoms with van der Waals surface area (Å²) in [7, 11) is 0. The molecule has 218 valence electrons. The number of rotatable bonds is 8. The Morgan fingerprint density at radius 2 is 0.767 bits per heavy atom. The number of aromatic hydroxyl groups is 1. The Bertz CT molecular complexity index is 1550. The summed E-state index contributed by atoms with van der Waals surface area (Å²) >= 11 is 0. The summed E-state index contributed by atoms with van der Waals surface area (Å²) in [5.74, 6) is 1.39. The molecule has 0 aromatic heterocycles. The van der Waals surface area contributed by atoms with E-state index in [1.807, 2.05) is 0 Å². The number of phenolic OH excluding ortho intramolecular Hbond substituents is 1. The van der Waals surface area contributed by atoms with Crippen molar-refractivity contribution in [3.8, 4) is 5.75 Å². The van der Waals surface area contributed by atoms with Crippen LogP contribution in [0.2, 0.25) is 0 Å². The van der Waals surface area contributed by atoms with Crippen LogP contribution in [0.4, 0.5) is 0 Å². The van der Waals surface area contributed by atoms with E-state index >= 15 is 0 Å². The normalized spacial score (nSPS) is 16.9. The van der Waals surface area contributed by atoms with Crippen molar-refractivity contribution in [2.24, 2.45) is 0 Å². The lowest BCUT2D eigenvalue weighted by Gasteiger charge is -2.33. The van der Waals surface area contributed by atoms with Crippen molar-refractivity contribution >= 4 is 36.5 Å². The van der Waals surface area contributed by atoms with E-state index in [1.54, 1.807) is 0 Å². The first-order chi connectivity index (χ1) is 21.3. The Hall–Kier alpha value is -4.10. The van der Waals surface area contributed by atoms with Crippen LogP contribution in [0.3, 0.4) is 0 Å². The van der Waals surface area contributed by atoms with Crippen LogP contribution in [0.5, 0.6) is 5.75 Å². The van der Waals surface area contributed by atoms with Crippen LogP contribution >= 0.6 is 0 Å². The maximum Gasteiger partial charge on any atom is 0.127 e. The van der Waals surface area contributed by atoms with E-state index < -0.39 is 0 Å². The van der Waals surface area contributed by atoms with Gasteiger partial charge in [0, 0.05) is 11.1 Å². The summed E-state index contributed by atoms with van der Waals surface area (Å²) in [6.45, 7) is 0. The third kappa shape index (κ3) is 7.11. The summed E-state index contributed by atoms with van der Waals surface area (Å²) < 4.78 is 0. The zero-order chi connectivity index (χ0) is 29.3. The summed E-state index contributed by atoms with van der Waals surface area (Å²) in [6.07, 6.45) is 25.8. The predicted molar refractivity (Wildman–Crippen MR) is 186 cm³/mol. The third-order valence-electron chi connectivity index (χ3n) is 9.42. The molecule has 4 aromatic rings. The van der Waals surface area contributed by atoms with Gasteiger partial charge in [0.2, 0.25) is 0 Å². The molecular formula is C42H44O. The second kappa shape index (κ2) is 14.4. The van der Waals surface area contributed by atoms with Gasteiger partial charge in [-0.05, 0) is 70.9 Å². The fourth-order valence-corrected chi connectivity index (χ4v) is 7.23. The monoisotopic (exact) mass is 564 g/mol. The third-order valence-corrected chi connectivity index (χ3v) is 9.42. The highest BCUT2D eigenvalue weighted by molar-refractivity contribution is 5.90. The van der Waals surface area contributed by atoms with E-state index in [9.17, 15) is 5.11 Å². The molecule has 0 atom stereocenters. The van der Waals surface area contributed by atoms with Crippen molar-refractivity contribution in [3.63, 3.8) is 0 Å². The second-order valence-corrected chi connectivity index (χ2v) is 12.3. The maximum absolute atomic E-state index is 12.4. The van der Waals surface area contributed by atoms with Gasteiger partial charge in [-0.25, -0.2) is 0 Å². The molecule has 2 saturated carbocycles. The fraction of sp³-hybridized carbons (Fsp3) is 0.286. The maximum atomic E-state index is 12.4. The first-order valence-electron chi connectivity index (χ1n) is 16.4. The van der Waals surface area contributed by atoms with Gasteiger partial charge in [0.25, 0.3) is 0 Å². The van der Waals surface area contributed by atoms with Gasteiger partial charge in [-0.15, -0.1) is 0 Å². The summed E-state index contributed by atoms with van der Waals surface area (Å²) in [5.41, 5.74) is 9.48. The molecule has 0 heterocycles. The molecule has 2 aliphatic carbocycles. The van der Waals surface area contributed by atoms with Crippen molar-refractivity contribution in [1.29, 1.82) is 0 Å². The largest absolute Gasteiger partial charge is 0.507 e. The molecular weight excluding hydrogens is 520 g/mol. The molecule has 4 aromatic carbocycles. The lowest BCUT2D eigenvalue weighted by atomic mass is 9.71. The Labute approximate surface area is 258 Å². The molecule has 0 spiro atoms. The van der Waals surface area contributed by atoms with E-state index in [0.29, 0.717) is 17.6 Å². The highest BCUT2D eigenvalue weighted by atomic mass is 16.3. The average molecular weight is 565 g/mol. The molecule has 2 fully saturated rings. The molecule has 0 unspecified atom stereocenters. The molecule has 0 bridgehead atoms. The highest BCUT2D eigenvalue weighted by Gasteiger charge is 2.31. The topological polar surface area (TPSA) is 20.2 Å². The van der Waals surface area contributed by atoms with Gasteiger partial charge in [-0.1, -0.05) is 166 Å². The molecule has 0 amide bonds. The lowest BCUT2D eigenvalue weighted by Crippen LogP contribution is -2.16. The van der Waals surface area contributed by atoms with Crippen LogP contribution in [-0.4, -0.2) is 5.11 Å². The molecule has 1 N–H and O–H groups in total. The molecule has 2 aliphatic rings. The van der Waals surface area contributed by atoms with Gasteiger partial charge < -0.3 is 5.11 Å². The van der Waals surface area contributed by atoms with E-state index in [4.69, 9.17) is 0 Å². The van der Waals surface area contributed by atoms with Crippen LogP contribution in [0.15, 0.2) is 91.0 Å². The van der Waals surface area contributed by atoms with Gasteiger partial charge in [0.1, 0.15) is 5.75 Å². The van der Waals surface area contributed by atoms with Crippen molar-refractivity contribution in [3.05, 3.63) is 136 Å². The van der Waals surface area contributed by atoms with Crippen molar-refractivity contribution < 1.29 is 5.11 Å². The van der Waals surface area contributed by atoms with E-state index in [2.05, 4.69) is 127 Å². The van der Waals surface area contributed by atoms with Gasteiger partial charge in [0.05, 0.1) is 0 Å². The van der Waals surface area contributed by atoms with Crippen LogP contribution in [0.25, 0.3) is 36.5 Å². The molecule has 0 saturated heterocycles. The number of benzene rings is 4. The summed E-state index contributed by atoms with van der Waals surface area (Å²) in [6, 6.07) is 31.6. The van der Waals surface area contributed by atoms with Crippen LogP contribution in [0, 0.1) is 0 Å². The Morgan fingerprint density at radius 3 is 1.21 bits per heavy atom. The minimum Gasteiger partial charge on any atom is -0.507 e. The summed E-state index contributed by atoms with van der Waals surface area (Å²) in [4.78, 5) is 0. The van der Waals surface area contributed by atoms with Gasteiger partial charge in [-0.2, -0.15) is 0 Å². The van der Waals surface area contributed by atoms with E-state index in [1.165, 1.54) is 73.6 Å². The van der Waals surface area contributed by atoms with E-state index in [-0.39, 0.29) is 0 Å². The summed E-state index contributed by atoms with van der Waals surface area (Å²) in [5, 5.41) is 12.4. The Kier molecular flexibility index (Phi) is 9.70. The Morgan fingerprint density at radius 1 is 0.395 bits per heavy atom. The minimum atomic E-state index is 0.408. The quantitative estimate of drug-likeness (QED) is 0.211. The van der Waals surface area contributed by atoms with Crippen molar-refractivity contribution in [2.75, 3.05) is 0 Å². The average Bonchev–Trinajstić information content (AvgIpc) is 3.08. The van der Waals surface area contributed by atoms with Crippen LogP contribution in [-0.2, 0) is 0 Å². The zero-order valence-corrected chi connectivity index (χ0v) is 25.3. The Balaban J connectivity index is 1.62.